The molecular formula is C13H18N2O3S2. The largest absolute Gasteiger partial charge is 0.465 e. The quantitative estimate of drug-likeness (QED) is 0.822. The highest BCUT2D eigenvalue weighted by Crippen LogP contribution is 2.22. The number of sulfonamides is 1. The van der Waals surface area contributed by atoms with Crippen LogP contribution in [0.1, 0.15) is 23.3 Å². The lowest BCUT2D eigenvalue weighted by atomic mass is 10.4. The van der Waals surface area contributed by atoms with Crippen molar-refractivity contribution in [2.24, 2.45) is 0 Å². The van der Waals surface area contributed by atoms with Gasteiger partial charge in [-0.15, -0.1) is 11.3 Å². The number of aryl methyl sites for hydroxylation is 1. The van der Waals surface area contributed by atoms with Gasteiger partial charge in [-0.2, -0.15) is 0 Å². The molecule has 7 heteroatoms. The smallest absolute Gasteiger partial charge is 0.242 e. The monoisotopic (exact) mass is 314 g/mol. The lowest BCUT2D eigenvalue weighted by Gasteiger charge is -2.07. The van der Waals surface area contributed by atoms with Crippen LogP contribution in [-0.4, -0.2) is 15.0 Å². The summed E-state index contributed by atoms with van der Waals surface area (Å²) in [7, 11) is -3.51. The molecule has 0 spiro atoms. The molecule has 0 aliphatic carbocycles. The van der Waals surface area contributed by atoms with Crippen molar-refractivity contribution < 1.29 is 12.8 Å². The summed E-state index contributed by atoms with van der Waals surface area (Å²) in [6, 6.07) is 5.21. The number of hydrogen-bond donors (Lipinski definition) is 2. The third-order valence-corrected chi connectivity index (χ3v) is 5.30. The minimum Gasteiger partial charge on any atom is -0.465 e. The van der Waals surface area contributed by atoms with Gasteiger partial charge in [-0.1, -0.05) is 6.92 Å². The van der Waals surface area contributed by atoms with Crippen LogP contribution in [0, 0.1) is 6.92 Å². The normalized spacial score (nSPS) is 11.9. The summed E-state index contributed by atoms with van der Waals surface area (Å²) in [6.45, 7) is 5.33. The van der Waals surface area contributed by atoms with Crippen molar-refractivity contribution in [3.8, 4) is 0 Å². The van der Waals surface area contributed by atoms with E-state index in [-0.39, 0.29) is 6.54 Å². The molecule has 0 saturated heterocycles. The fourth-order valence-corrected chi connectivity index (χ4v) is 4.16. The van der Waals surface area contributed by atoms with Crippen LogP contribution in [0.3, 0.4) is 0 Å². The van der Waals surface area contributed by atoms with Gasteiger partial charge in [-0.25, -0.2) is 13.1 Å². The maximum Gasteiger partial charge on any atom is 0.242 e. The third-order valence-electron chi connectivity index (χ3n) is 2.76. The third kappa shape index (κ3) is 3.69. The summed E-state index contributed by atoms with van der Waals surface area (Å²) in [5, 5.41) is 4.93. The molecule has 20 heavy (non-hydrogen) atoms. The van der Waals surface area contributed by atoms with Crippen molar-refractivity contribution >= 4 is 21.4 Å². The fraction of sp³-hybridized carbons (Fsp3) is 0.385. The molecule has 0 bridgehead atoms. The molecule has 110 valence electrons. The second-order valence-electron chi connectivity index (χ2n) is 4.33. The predicted octanol–water partition coefficient (Wildman–Crippen LogP) is 2.24. The molecule has 0 amide bonds. The van der Waals surface area contributed by atoms with Crippen LogP contribution in [0.5, 0.6) is 0 Å². The predicted molar refractivity (Wildman–Crippen MR) is 79.2 cm³/mol. The highest BCUT2D eigenvalue weighted by atomic mass is 32.2. The first kappa shape index (κ1) is 15.2. The zero-order valence-electron chi connectivity index (χ0n) is 11.5. The molecular weight excluding hydrogens is 296 g/mol. The zero-order chi connectivity index (χ0) is 14.6. The minimum atomic E-state index is -3.51. The lowest BCUT2D eigenvalue weighted by Crippen LogP contribution is -2.24. The van der Waals surface area contributed by atoms with E-state index in [0.717, 1.165) is 17.2 Å². The average Bonchev–Trinajstić information content (AvgIpc) is 3.03. The summed E-state index contributed by atoms with van der Waals surface area (Å²) >= 11 is 1.44. The SMILES string of the molecule is CCNCc1sccc1S(=O)(=O)NCc1ccc(C)o1. The lowest BCUT2D eigenvalue weighted by molar-refractivity contribution is 0.475. The van der Waals surface area contributed by atoms with Crippen molar-refractivity contribution in [2.45, 2.75) is 31.8 Å². The van der Waals surface area contributed by atoms with Crippen LogP contribution >= 0.6 is 11.3 Å². The second-order valence-corrected chi connectivity index (χ2v) is 7.06. The van der Waals surface area contributed by atoms with Gasteiger partial charge in [0.1, 0.15) is 11.5 Å². The van der Waals surface area contributed by atoms with E-state index in [4.69, 9.17) is 4.42 Å². The van der Waals surface area contributed by atoms with Crippen LogP contribution in [-0.2, 0) is 23.1 Å². The van der Waals surface area contributed by atoms with Gasteiger partial charge in [0.2, 0.25) is 10.0 Å². The first-order valence-electron chi connectivity index (χ1n) is 6.35. The van der Waals surface area contributed by atoms with Gasteiger partial charge in [0.15, 0.2) is 0 Å². The number of hydrogen-bond acceptors (Lipinski definition) is 5. The van der Waals surface area contributed by atoms with Crippen molar-refractivity contribution in [3.05, 3.63) is 40.0 Å². The molecule has 2 aromatic rings. The standard InChI is InChI=1S/C13H18N2O3S2/c1-3-14-9-12-13(6-7-19-12)20(16,17)15-8-11-5-4-10(2)18-11/h4-7,14-15H,3,8-9H2,1-2H3. The number of rotatable bonds is 7. The van der Waals surface area contributed by atoms with Gasteiger partial charge in [-0.05, 0) is 37.0 Å². The maximum absolute atomic E-state index is 12.3. The molecule has 0 radical (unpaired) electrons. The number of nitrogens with one attached hydrogen (secondary N) is 2. The van der Waals surface area contributed by atoms with Gasteiger partial charge >= 0.3 is 0 Å². The Bertz CT molecular complexity index is 659. The summed E-state index contributed by atoms with van der Waals surface area (Å²) in [5.74, 6) is 1.37. The van der Waals surface area contributed by atoms with Crippen LogP contribution in [0.25, 0.3) is 0 Å². The summed E-state index contributed by atoms with van der Waals surface area (Å²) in [6.07, 6.45) is 0. The van der Waals surface area contributed by atoms with Crippen molar-refractivity contribution in [3.63, 3.8) is 0 Å². The van der Waals surface area contributed by atoms with E-state index in [1.165, 1.54) is 11.3 Å². The van der Waals surface area contributed by atoms with Crippen LogP contribution in [0.15, 0.2) is 32.9 Å². The molecule has 0 aromatic carbocycles. The van der Waals surface area contributed by atoms with Crippen LogP contribution in [0.2, 0.25) is 0 Å². The Hall–Kier alpha value is -1.15. The molecule has 5 nitrogen and oxygen atoms in total. The molecule has 0 unspecified atom stereocenters. The fourth-order valence-electron chi connectivity index (χ4n) is 1.76. The number of thiophene rings is 1. The van der Waals surface area contributed by atoms with E-state index in [1.54, 1.807) is 17.5 Å². The molecule has 0 atom stereocenters. The van der Waals surface area contributed by atoms with Gasteiger partial charge in [0.05, 0.1) is 11.4 Å². The van der Waals surface area contributed by atoms with E-state index >= 15 is 0 Å². The average molecular weight is 314 g/mol. The maximum atomic E-state index is 12.3. The first-order chi connectivity index (χ1) is 9.53. The Kier molecular flexibility index (Phi) is 4.98. The molecule has 2 N–H and O–H groups in total. The molecule has 0 aliphatic heterocycles. The van der Waals surface area contributed by atoms with Gasteiger partial charge < -0.3 is 9.73 Å². The zero-order valence-corrected chi connectivity index (χ0v) is 13.1. The summed E-state index contributed by atoms with van der Waals surface area (Å²) < 4.78 is 32.5. The van der Waals surface area contributed by atoms with Crippen molar-refractivity contribution in [1.29, 1.82) is 0 Å². The molecule has 2 rings (SSSR count). The van der Waals surface area contributed by atoms with E-state index < -0.39 is 10.0 Å². The Morgan fingerprint density at radius 2 is 2.05 bits per heavy atom. The Labute approximate surface area is 123 Å². The molecule has 0 aliphatic rings. The number of furan rings is 1. The Morgan fingerprint density at radius 3 is 2.70 bits per heavy atom. The first-order valence-corrected chi connectivity index (χ1v) is 8.71. The van der Waals surface area contributed by atoms with E-state index in [0.29, 0.717) is 17.2 Å². The highest BCUT2D eigenvalue weighted by molar-refractivity contribution is 7.89. The molecule has 2 aromatic heterocycles. The van der Waals surface area contributed by atoms with Gasteiger partial charge in [0, 0.05) is 11.4 Å². The van der Waals surface area contributed by atoms with E-state index in [9.17, 15) is 8.42 Å². The van der Waals surface area contributed by atoms with Crippen LogP contribution < -0.4 is 10.0 Å². The summed E-state index contributed by atoms with van der Waals surface area (Å²) in [4.78, 5) is 1.15. The molecule has 2 heterocycles. The topological polar surface area (TPSA) is 71.3 Å². The second kappa shape index (κ2) is 6.53. The van der Waals surface area contributed by atoms with E-state index in [2.05, 4.69) is 10.0 Å². The van der Waals surface area contributed by atoms with Gasteiger partial charge in [0.25, 0.3) is 0 Å². The Morgan fingerprint density at radius 1 is 1.25 bits per heavy atom. The highest BCUT2D eigenvalue weighted by Gasteiger charge is 2.19. The van der Waals surface area contributed by atoms with E-state index in [1.807, 2.05) is 19.9 Å². The van der Waals surface area contributed by atoms with Crippen LogP contribution in [0.4, 0.5) is 0 Å². The Balaban J connectivity index is 2.08. The molecule has 0 saturated carbocycles. The van der Waals surface area contributed by atoms with Crippen molar-refractivity contribution in [2.75, 3.05) is 6.54 Å². The summed E-state index contributed by atoms with van der Waals surface area (Å²) in [5.41, 5.74) is 0. The van der Waals surface area contributed by atoms with Crippen molar-refractivity contribution in [1.82, 2.24) is 10.0 Å². The molecule has 0 fully saturated rings. The van der Waals surface area contributed by atoms with Gasteiger partial charge in [-0.3, -0.25) is 0 Å². The minimum absolute atomic E-state index is 0.159.